The third-order valence-corrected chi connectivity index (χ3v) is 8.44. The molecule has 1 aromatic carbocycles. The quantitative estimate of drug-likeness (QED) is 0.448. The predicted octanol–water partition coefficient (Wildman–Crippen LogP) is 4.66. The van der Waals surface area contributed by atoms with Crippen LogP contribution in [0.2, 0.25) is 0 Å². The summed E-state index contributed by atoms with van der Waals surface area (Å²) in [7, 11) is 6.13. The monoisotopic (exact) mass is 569 g/mol. The van der Waals surface area contributed by atoms with Gasteiger partial charge in [0.1, 0.15) is 0 Å². The maximum atomic E-state index is 13.5. The molecule has 3 heterocycles. The summed E-state index contributed by atoms with van der Waals surface area (Å²) in [4.78, 5) is 31.1. The summed E-state index contributed by atoms with van der Waals surface area (Å²) < 4.78 is 15.0. The highest BCUT2D eigenvalue weighted by Crippen LogP contribution is 2.52. The lowest BCUT2D eigenvalue weighted by Gasteiger charge is -2.39. The van der Waals surface area contributed by atoms with Crippen molar-refractivity contribution in [3.63, 3.8) is 0 Å². The molecule has 0 spiro atoms. The predicted molar refractivity (Wildman–Crippen MR) is 157 cm³/mol. The van der Waals surface area contributed by atoms with Crippen LogP contribution in [-0.4, -0.2) is 51.5 Å². The van der Waals surface area contributed by atoms with E-state index in [-0.39, 0.29) is 36.3 Å². The number of H-pyrrole nitrogens is 1. The van der Waals surface area contributed by atoms with Crippen molar-refractivity contribution in [2.45, 2.75) is 71.8 Å². The van der Waals surface area contributed by atoms with Crippen molar-refractivity contribution in [1.29, 1.82) is 0 Å². The van der Waals surface area contributed by atoms with Gasteiger partial charge in [-0.2, -0.15) is 5.10 Å². The van der Waals surface area contributed by atoms with E-state index in [9.17, 15) is 9.59 Å². The fraction of sp³-hybridized carbons (Fsp3) is 0.500. The molecular formula is C30H40ClN5O4. The van der Waals surface area contributed by atoms with Crippen LogP contribution >= 0.6 is 12.4 Å². The molecule has 0 radical (unpaired) electrons. The third kappa shape index (κ3) is 5.49. The van der Waals surface area contributed by atoms with Gasteiger partial charge in [0.25, 0.3) is 17.3 Å². The van der Waals surface area contributed by atoms with Gasteiger partial charge in [-0.1, -0.05) is 0 Å². The minimum absolute atomic E-state index is 0. The number of aromatic amines is 1. The Morgan fingerprint density at radius 2 is 1.82 bits per heavy atom. The molecule has 1 atom stereocenters. The fourth-order valence-corrected chi connectivity index (χ4v) is 6.04. The van der Waals surface area contributed by atoms with E-state index in [0.717, 1.165) is 53.6 Å². The van der Waals surface area contributed by atoms with E-state index in [1.165, 1.54) is 0 Å². The van der Waals surface area contributed by atoms with Gasteiger partial charge in [0.15, 0.2) is 11.5 Å². The number of carbonyl (C=O) groups is 1. The molecule has 40 heavy (non-hydrogen) atoms. The van der Waals surface area contributed by atoms with E-state index < -0.39 is 5.79 Å². The lowest BCUT2D eigenvalue weighted by Crippen LogP contribution is -2.46. The highest BCUT2D eigenvalue weighted by Gasteiger charge is 2.47. The number of aryl methyl sites for hydroxylation is 3. The van der Waals surface area contributed by atoms with E-state index in [2.05, 4.69) is 34.4 Å². The zero-order chi connectivity index (χ0) is 28.1. The molecule has 1 aliphatic carbocycles. The van der Waals surface area contributed by atoms with Gasteiger partial charge in [0.05, 0.1) is 6.20 Å². The van der Waals surface area contributed by atoms with Gasteiger partial charge >= 0.3 is 0 Å². The molecule has 0 bridgehead atoms. The van der Waals surface area contributed by atoms with E-state index in [1.54, 1.807) is 10.9 Å². The van der Waals surface area contributed by atoms with Crippen molar-refractivity contribution in [1.82, 2.24) is 25.0 Å². The molecule has 1 amide bonds. The second-order valence-electron chi connectivity index (χ2n) is 11.5. The maximum absolute atomic E-state index is 13.5. The summed E-state index contributed by atoms with van der Waals surface area (Å²) in [6.07, 6.45) is 7.87. The Morgan fingerprint density at radius 1 is 1.15 bits per heavy atom. The summed E-state index contributed by atoms with van der Waals surface area (Å²) in [5.74, 6) is 0.394. The topological polar surface area (TPSA) is 101 Å². The number of carbonyl (C=O) groups excluding carboxylic acids is 1. The Morgan fingerprint density at radius 3 is 2.42 bits per heavy atom. The second-order valence-corrected chi connectivity index (χ2v) is 11.5. The first-order valence-corrected chi connectivity index (χ1v) is 13.7. The van der Waals surface area contributed by atoms with Crippen LogP contribution in [-0.2, 0) is 13.6 Å². The first-order valence-electron chi connectivity index (χ1n) is 13.7. The van der Waals surface area contributed by atoms with Gasteiger partial charge in [-0.15, -0.1) is 12.4 Å². The largest absolute Gasteiger partial charge is 0.448 e. The number of pyridine rings is 1. The SMILES string of the molecule is Cc1cc(C)c(CNC(=O)c2cc(-c3cnn(C)c3)c3c(c2C)OC(C)([C@H]2CC[C@H](N(C)C)CC2)O3)c(=O)[nH]1.Cl. The number of rotatable bonds is 6. The fourth-order valence-electron chi connectivity index (χ4n) is 6.04. The molecule has 5 rings (SSSR count). The number of ether oxygens (including phenoxy) is 2. The Balaban J connectivity index is 0.00000370. The summed E-state index contributed by atoms with van der Waals surface area (Å²) in [6, 6.07) is 4.33. The summed E-state index contributed by atoms with van der Waals surface area (Å²) in [6.45, 7) is 7.76. The molecule has 2 aliphatic rings. The zero-order valence-corrected chi connectivity index (χ0v) is 25.2. The van der Waals surface area contributed by atoms with Gasteiger partial charge in [-0.3, -0.25) is 14.3 Å². The van der Waals surface area contributed by atoms with Crippen LogP contribution in [0.1, 0.15) is 65.3 Å². The molecule has 0 saturated heterocycles. The number of fused-ring (bicyclic) bond motifs is 1. The van der Waals surface area contributed by atoms with E-state index >= 15 is 0 Å². The van der Waals surface area contributed by atoms with Gasteiger partial charge < -0.3 is 24.7 Å². The minimum atomic E-state index is -0.817. The molecule has 2 N–H and O–H groups in total. The van der Waals surface area contributed by atoms with Crippen LogP contribution in [0, 0.1) is 26.7 Å². The molecule has 1 aliphatic heterocycles. The first kappa shape index (κ1) is 29.7. The van der Waals surface area contributed by atoms with E-state index in [4.69, 9.17) is 9.47 Å². The highest BCUT2D eigenvalue weighted by atomic mass is 35.5. The molecule has 1 fully saturated rings. The standard InChI is InChI=1S/C30H39N5O4.ClH/c1-17-12-18(2)33-29(37)25(17)15-31-28(36)23-13-24(20-14-32-35(7)16-20)27-26(19(23)3)38-30(4,39-27)21-8-10-22(11-9-21)34(5)6;/h12-14,16,21-22H,8-11,15H2,1-7H3,(H,31,36)(H,33,37);1H/t21-,22-,30?;. The average molecular weight is 570 g/mol. The lowest BCUT2D eigenvalue weighted by atomic mass is 9.81. The molecule has 9 nitrogen and oxygen atoms in total. The van der Waals surface area contributed by atoms with Gasteiger partial charge in [0.2, 0.25) is 0 Å². The minimum Gasteiger partial charge on any atom is -0.448 e. The molecule has 3 aromatic rings. The molecule has 1 saturated carbocycles. The van der Waals surface area contributed by atoms with Crippen molar-refractivity contribution in [2.75, 3.05) is 14.1 Å². The molecule has 216 valence electrons. The normalized spacial score (nSPS) is 21.8. The van der Waals surface area contributed by atoms with Crippen LogP contribution in [0.4, 0.5) is 0 Å². The Hall–Kier alpha value is -3.30. The van der Waals surface area contributed by atoms with Crippen molar-refractivity contribution < 1.29 is 14.3 Å². The average Bonchev–Trinajstić information content (AvgIpc) is 3.47. The van der Waals surface area contributed by atoms with Crippen LogP contribution < -0.4 is 20.3 Å². The summed E-state index contributed by atoms with van der Waals surface area (Å²) in [5.41, 5.74) is 4.80. The lowest BCUT2D eigenvalue weighted by molar-refractivity contribution is -0.123. The van der Waals surface area contributed by atoms with Crippen molar-refractivity contribution >= 4 is 18.3 Å². The number of hydrogen-bond donors (Lipinski definition) is 2. The van der Waals surface area contributed by atoms with Crippen molar-refractivity contribution in [3.8, 4) is 22.6 Å². The number of nitrogens with one attached hydrogen (secondary N) is 2. The summed E-state index contributed by atoms with van der Waals surface area (Å²) >= 11 is 0. The number of benzene rings is 1. The highest BCUT2D eigenvalue weighted by molar-refractivity contribution is 5.99. The maximum Gasteiger partial charge on any atom is 0.253 e. The first-order chi connectivity index (χ1) is 18.5. The molecule has 1 unspecified atom stereocenters. The smallest absolute Gasteiger partial charge is 0.253 e. The molecular weight excluding hydrogens is 530 g/mol. The van der Waals surface area contributed by atoms with E-state index in [1.807, 2.05) is 53.1 Å². The third-order valence-electron chi connectivity index (χ3n) is 8.44. The Labute approximate surface area is 241 Å². The van der Waals surface area contributed by atoms with Crippen molar-refractivity contribution in [3.05, 3.63) is 62.8 Å². The van der Waals surface area contributed by atoms with E-state index in [0.29, 0.717) is 28.7 Å². The Kier molecular flexibility index (Phi) is 8.38. The van der Waals surface area contributed by atoms with Crippen LogP contribution in [0.5, 0.6) is 11.5 Å². The number of halogens is 1. The number of nitrogens with zero attached hydrogens (tertiary/aromatic N) is 3. The van der Waals surface area contributed by atoms with Gasteiger partial charge in [0, 0.05) is 72.2 Å². The summed E-state index contributed by atoms with van der Waals surface area (Å²) in [5, 5.41) is 7.30. The van der Waals surface area contributed by atoms with Crippen LogP contribution in [0.15, 0.2) is 29.3 Å². The van der Waals surface area contributed by atoms with Crippen LogP contribution in [0.25, 0.3) is 11.1 Å². The molecule has 10 heteroatoms. The van der Waals surface area contributed by atoms with Gasteiger partial charge in [-0.05, 0) is 78.2 Å². The number of hydrogen-bond acceptors (Lipinski definition) is 6. The number of aromatic nitrogens is 3. The zero-order valence-electron chi connectivity index (χ0n) is 24.4. The Bertz CT molecular complexity index is 1470. The van der Waals surface area contributed by atoms with Crippen LogP contribution in [0.3, 0.4) is 0 Å². The number of amides is 1. The van der Waals surface area contributed by atoms with Gasteiger partial charge in [-0.25, -0.2) is 0 Å². The molecule has 2 aromatic heterocycles. The van der Waals surface area contributed by atoms with Crippen molar-refractivity contribution in [2.24, 2.45) is 13.0 Å². The second kappa shape index (κ2) is 11.3.